The summed E-state index contributed by atoms with van der Waals surface area (Å²) in [5.74, 6) is 0.699. The first-order valence-electron chi connectivity index (χ1n) is 7.17. The molecule has 3 nitrogen and oxygen atoms in total. The van der Waals surface area contributed by atoms with E-state index in [9.17, 15) is 0 Å². The van der Waals surface area contributed by atoms with Gasteiger partial charge >= 0.3 is 0 Å². The molecule has 100 valence electrons. The molecule has 2 fully saturated rings. The molecule has 2 rings (SSSR count). The third-order valence-electron chi connectivity index (χ3n) is 4.21. The summed E-state index contributed by atoms with van der Waals surface area (Å²) in [4.78, 5) is 0. The molecule has 17 heavy (non-hydrogen) atoms. The average Bonchev–Trinajstić information content (AvgIpc) is 2.63. The maximum absolute atomic E-state index is 6.07. The van der Waals surface area contributed by atoms with Gasteiger partial charge in [-0.1, -0.05) is 6.42 Å². The molecule has 2 N–H and O–H groups in total. The molecule has 4 atom stereocenters. The van der Waals surface area contributed by atoms with Gasteiger partial charge in [-0.05, 0) is 51.9 Å². The highest BCUT2D eigenvalue weighted by Gasteiger charge is 2.26. The summed E-state index contributed by atoms with van der Waals surface area (Å²) < 4.78 is 11.7. The Balaban J connectivity index is 1.64. The second-order valence-electron chi connectivity index (χ2n) is 5.87. The summed E-state index contributed by atoms with van der Waals surface area (Å²) in [6.45, 7) is 5.15. The zero-order chi connectivity index (χ0) is 12.3. The molecule has 3 heteroatoms. The lowest BCUT2D eigenvalue weighted by atomic mass is 10.00. The Morgan fingerprint density at radius 1 is 1.18 bits per heavy atom. The third-order valence-corrected chi connectivity index (χ3v) is 4.21. The van der Waals surface area contributed by atoms with E-state index in [1.54, 1.807) is 0 Å². The summed E-state index contributed by atoms with van der Waals surface area (Å²) >= 11 is 0. The topological polar surface area (TPSA) is 44.5 Å². The molecule has 0 aromatic rings. The molecule has 0 radical (unpaired) electrons. The molecule has 4 unspecified atom stereocenters. The maximum atomic E-state index is 6.07. The smallest absolute Gasteiger partial charge is 0.0624 e. The van der Waals surface area contributed by atoms with E-state index in [1.807, 2.05) is 0 Å². The SMILES string of the molecule is CC1CC(OCCC2CCCC2N)CC(C)O1. The number of ether oxygens (including phenoxy) is 2. The van der Waals surface area contributed by atoms with Gasteiger partial charge < -0.3 is 15.2 Å². The van der Waals surface area contributed by atoms with Crippen LogP contribution in [0.1, 0.15) is 52.4 Å². The van der Waals surface area contributed by atoms with E-state index in [0.717, 1.165) is 25.9 Å². The quantitative estimate of drug-likeness (QED) is 0.822. The van der Waals surface area contributed by atoms with Gasteiger partial charge in [0.1, 0.15) is 0 Å². The van der Waals surface area contributed by atoms with Crippen LogP contribution in [-0.4, -0.2) is 31.0 Å². The van der Waals surface area contributed by atoms with Crippen molar-refractivity contribution in [3.63, 3.8) is 0 Å². The number of hydrogen-bond acceptors (Lipinski definition) is 3. The molecule has 1 aliphatic heterocycles. The van der Waals surface area contributed by atoms with E-state index in [0.29, 0.717) is 30.3 Å². The summed E-state index contributed by atoms with van der Waals surface area (Å²) in [6.07, 6.45) is 8.11. The Kier molecular flexibility index (Phi) is 4.83. The fraction of sp³-hybridized carbons (Fsp3) is 1.00. The first-order chi connectivity index (χ1) is 8.15. The van der Waals surface area contributed by atoms with Gasteiger partial charge in [0.05, 0.1) is 18.3 Å². The van der Waals surface area contributed by atoms with Crippen molar-refractivity contribution >= 4 is 0 Å². The third kappa shape index (κ3) is 3.94. The Morgan fingerprint density at radius 3 is 2.47 bits per heavy atom. The zero-order valence-electron chi connectivity index (χ0n) is 11.2. The van der Waals surface area contributed by atoms with Crippen LogP contribution in [0.5, 0.6) is 0 Å². The second kappa shape index (κ2) is 6.17. The van der Waals surface area contributed by atoms with Crippen LogP contribution >= 0.6 is 0 Å². The molecule has 1 heterocycles. The fourth-order valence-corrected chi connectivity index (χ4v) is 3.29. The van der Waals surface area contributed by atoms with Gasteiger partial charge in [-0.3, -0.25) is 0 Å². The largest absolute Gasteiger partial charge is 0.378 e. The van der Waals surface area contributed by atoms with Crippen LogP contribution in [0.3, 0.4) is 0 Å². The molecule has 1 saturated carbocycles. The van der Waals surface area contributed by atoms with Gasteiger partial charge in [0.2, 0.25) is 0 Å². The average molecular weight is 241 g/mol. The molecule has 1 aliphatic carbocycles. The van der Waals surface area contributed by atoms with Crippen LogP contribution in [-0.2, 0) is 9.47 Å². The van der Waals surface area contributed by atoms with Gasteiger partial charge in [0.15, 0.2) is 0 Å². The van der Waals surface area contributed by atoms with Gasteiger partial charge in [-0.25, -0.2) is 0 Å². The van der Waals surface area contributed by atoms with Crippen LogP contribution in [0, 0.1) is 5.92 Å². The van der Waals surface area contributed by atoms with Crippen molar-refractivity contribution in [2.75, 3.05) is 6.61 Å². The minimum Gasteiger partial charge on any atom is -0.378 e. The van der Waals surface area contributed by atoms with E-state index < -0.39 is 0 Å². The Hall–Kier alpha value is -0.120. The minimum atomic E-state index is 0.345. The number of nitrogens with two attached hydrogens (primary N) is 1. The van der Waals surface area contributed by atoms with E-state index in [-0.39, 0.29) is 0 Å². The summed E-state index contributed by atoms with van der Waals surface area (Å²) in [6, 6.07) is 0.422. The second-order valence-corrected chi connectivity index (χ2v) is 5.87. The van der Waals surface area contributed by atoms with Crippen molar-refractivity contribution in [2.45, 2.75) is 76.7 Å². The van der Waals surface area contributed by atoms with Crippen molar-refractivity contribution in [3.8, 4) is 0 Å². The first kappa shape index (κ1) is 13.3. The lowest BCUT2D eigenvalue weighted by Gasteiger charge is -2.32. The van der Waals surface area contributed by atoms with Crippen LogP contribution in [0.15, 0.2) is 0 Å². The number of hydrogen-bond donors (Lipinski definition) is 1. The summed E-state index contributed by atoms with van der Waals surface area (Å²) in [5, 5.41) is 0. The van der Waals surface area contributed by atoms with Gasteiger partial charge in [0, 0.05) is 12.6 Å². The van der Waals surface area contributed by atoms with Crippen molar-refractivity contribution in [3.05, 3.63) is 0 Å². The van der Waals surface area contributed by atoms with Gasteiger partial charge in [0.25, 0.3) is 0 Å². The summed E-state index contributed by atoms with van der Waals surface area (Å²) in [5.41, 5.74) is 6.07. The van der Waals surface area contributed by atoms with E-state index >= 15 is 0 Å². The van der Waals surface area contributed by atoms with Crippen molar-refractivity contribution in [1.82, 2.24) is 0 Å². The van der Waals surface area contributed by atoms with E-state index in [1.165, 1.54) is 19.3 Å². The Labute approximate surface area is 105 Å². The lowest BCUT2D eigenvalue weighted by Crippen LogP contribution is -2.34. The molecule has 2 aliphatic rings. The normalized spacial score (nSPS) is 42.9. The molecule has 0 aromatic carbocycles. The molecule has 0 spiro atoms. The van der Waals surface area contributed by atoms with Crippen LogP contribution in [0.25, 0.3) is 0 Å². The Morgan fingerprint density at radius 2 is 1.88 bits per heavy atom. The van der Waals surface area contributed by atoms with Crippen molar-refractivity contribution in [2.24, 2.45) is 11.7 Å². The minimum absolute atomic E-state index is 0.345. The number of rotatable bonds is 4. The highest BCUT2D eigenvalue weighted by atomic mass is 16.5. The predicted octanol–water partition coefficient (Wildman–Crippen LogP) is 2.48. The van der Waals surface area contributed by atoms with Crippen LogP contribution in [0.4, 0.5) is 0 Å². The van der Waals surface area contributed by atoms with Crippen molar-refractivity contribution < 1.29 is 9.47 Å². The van der Waals surface area contributed by atoms with E-state index in [4.69, 9.17) is 15.2 Å². The van der Waals surface area contributed by atoms with Gasteiger partial charge in [-0.15, -0.1) is 0 Å². The standard InChI is InChI=1S/C14H27NO2/c1-10-8-13(9-11(2)17-10)16-7-6-12-4-3-5-14(12)15/h10-14H,3-9,15H2,1-2H3. The van der Waals surface area contributed by atoms with Gasteiger partial charge in [-0.2, -0.15) is 0 Å². The molecule has 0 aromatic heterocycles. The fourth-order valence-electron chi connectivity index (χ4n) is 3.29. The lowest BCUT2D eigenvalue weighted by molar-refractivity contribution is -0.103. The molecule has 0 bridgehead atoms. The predicted molar refractivity (Wildman–Crippen MR) is 68.9 cm³/mol. The molecule has 0 amide bonds. The molecular formula is C14H27NO2. The van der Waals surface area contributed by atoms with Crippen molar-refractivity contribution in [1.29, 1.82) is 0 Å². The zero-order valence-corrected chi connectivity index (χ0v) is 11.2. The Bertz CT molecular complexity index is 224. The first-order valence-corrected chi connectivity index (χ1v) is 7.17. The maximum Gasteiger partial charge on any atom is 0.0624 e. The monoisotopic (exact) mass is 241 g/mol. The molecule has 1 saturated heterocycles. The summed E-state index contributed by atoms with van der Waals surface area (Å²) in [7, 11) is 0. The van der Waals surface area contributed by atoms with E-state index in [2.05, 4.69) is 13.8 Å². The van der Waals surface area contributed by atoms with Crippen LogP contribution < -0.4 is 5.73 Å². The highest BCUT2D eigenvalue weighted by Crippen LogP contribution is 2.28. The van der Waals surface area contributed by atoms with Crippen LogP contribution in [0.2, 0.25) is 0 Å². The molecular weight excluding hydrogens is 214 g/mol. The highest BCUT2D eigenvalue weighted by molar-refractivity contribution is 4.80.